The maximum atomic E-state index is 14.2. The zero-order valence-corrected chi connectivity index (χ0v) is 50.1. The van der Waals surface area contributed by atoms with E-state index in [0.29, 0.717) is 6.61 Å². The van der Waals surface area contributed by atoms with Crippen molar-refractivity contribution in [3.63, 3.8) is 0 Å². The number of hydrogen-bond donors (Lipinski definition) is 0. The first-order valence-electron chi connectivity index (χ1n) is 33.7. The lowest BCUT2D eigenvalue weighted by molar-refractivity contribution is -0.149. The van der Waals surface area contributed by atoms with Gasteiger partial charge in [-0.3, -0.25) is 9.59 Å². The Hall–Kier alpha value is -1.32. The molecule has 0 aromatic heterocycles. The van der Waals surface area contributed by atoms with Crippen molar-refractivity contribution in [2.75, 3.05) is 19.7 Å². The molecule has 1 amide bonds. The Bertz CT molecular complexity index is 1060. The summed E-state index contributed by atoms with van der Waals surface area (Å²) in [7, 11) is 0. The molecule has 0 bridgehead atoms. The lowest BCUT2D eigenvalue weighted by Crippen LogP contribution is -2.38. The van der Waals surface area contributed by atoms with Gasteiger partial charge in [-0.05, 0) is 51.4 Å². The fourth-order valence-corrected chi connectivity index (χ4v) is 10.9. The summed E-state index contributed by atoms with van der Waals surface area (Å²) in [4.78, 5) is 29.5. The van der Waals surface area contributed by atoms with Gasteiger partial charge in [-0.25, -0.2) is 0 Å². The van der Waals surface area contributed by atoms with Crippen LogP contribution in [0.25, 0.3) is 0 Å². The van der Waals surface area contributed by atoms with Gasteiger partial charge in [-0.15, -0.1) is 0 Å². The van der Waals surface area contributed by atoms with E-state index in [4.69, 9.17) is 4.74 Å². The van der Waals surface area contributed by atoms with E-state index < -0.39 is 0 Å². The molecule has 1 atom stereocenters. The highest BCUT2D eigenvalue weighted by Crippen LogP contribution is 2.22. The van der Waals surface area contributed by atoms with E-state index in [1.807, 2.05) is 0 Å². The number of allylic oxidation sites excluding steroid dienone is 2. The highest BCUT2D eigenvalue weighted by molar-refractivity contribution is 5.83. The molecule has 0 N–H and O–H groups in total. The molecule has 0 aliphatic carbocycles. The van der Waals surface area contributed by atoms with E-state index in [1.165, 1.54) is 302 Å². The van der Waals surface area contributed by atoms with E-state index in [1.54, 1.807) is 0 Å². The molecule has 0 saturated carbocycles. The third kappa shape index (κ3) is 54.9. The summed E-state index contributed by atoms with van der Waals surface area (Å²) in [6.07, 6.45) is 78.4. The summed E-state index contributed by atoms with van der Waals surface area (Å²) in [5, 5.41) is 0. The number of unbranched alkanes of at least 4 members (excludes halogenated alkanes) is 49. The van der Waals surface area contributed by atoms with Crippen LogP contribution in [0.5, 0.6) is 0 Å². The average molecular weight is 1010 g/mol. The van der Waals surface area contributed by atoms with Crippen LogP contribution in [0.4, 0.5) is 0 Å². The monoisotopic (exact) mass is 1010 g/mol. The van der Waals surface area contributed by atoms with Gasteiger partial charge in [0, 0.05) is 19.0 Å². The van der Waals surface area contributed by atoms with Crippen molar-refractivity contribution in [1.29, 1.82) is 0 Å². The Labute approximate surface area is 454 Å². The molecule has 0 spiro atoms. The van der Waals surface area contributed by atoms with Crippen molar-refractivity contribution in [2.45, 2.75) is 387 Å². The van der Waals surface area contributed by atoms with Gasteiger partial charge < -0.3 is 9.64 Å². The van der Waals surface area contributed by atoms with Crippen molar-refractivity contribution in [1.82, 2.24) is 4.90 Å². The van der Waals surface area contributed by atoms with Crippen molar-refractivity contribution < 1.29 is 14.3 Å². The van der Waals surface area contributed by atoms with Crippen LogP contribution in [0.15, 0.2) is 12.2 Å². The number of nitrogens with zero attached hydrogens (tertiary/aromatic N) is 1. The first kappa shape index (κ1) is 70.7. The minimum Gasteiger partial charge on any atom is -0.466 e. The molecule has 0 saturated heterocycles. The molecule has 428 valence electrons. The lowest BCUT2D eigenvalue weighted by Gasteiger charge is -2.27. The standard InChI is InChI=1S/C68H133NO3/c1-5-9-13-17-21-22-23-24-25-26-27-28-29-30-31-32-33-34-35-36-37-38-39-40-41-42-43-44-45-46-47-48-49-50-51-52-53-57-61-66(65-67(70)72-64-60-56-20-16-12-8-4)68(71)69(62-58-54-18-14-10-6-2)63-59-55-19-15-11-7-3/h50-51,66H,5-49,52-65H2,1-4H3/b51-50+. The lowest BCUT2D eigenvalue weighted by atomic mass is 9.95. The zero-order chi connectivity index (χ0) is 52.2. The Kier molecular flexibility index (Phi) is 61.1. The van der Waals surface area contributed by atoms with Gasteiger partial charge in [0.1, 0.15) is 0 Å². The number of ether oxygens (including phenoxy) is 1. The molecule has 0 aromatic rings. The van der Waals surface area contributed by atoms with Crippen molar-refractivity contribution in [2.24, 2.45) is 5.92 Å². The number of esters is 1. The molecule has 0 aromatic carbocycles. The van der Waals surface area contributed by atoms with Crippen LogP contribution < -0.4 is 0 Å². The van der Waals surface area contributed by atoms with Gasteiger partial charge in [-0.1, -0.05) is 342 Å². The van der Waals surface area contributed by atoms with Gasteiger partial charge >= 0.3 is 5.97 Å². The van der Waals surface area contributed by atoms with E-state index in [-0.39, 0.29) is 24.2 Å². The highest BCUT2D eigenvalue weighted by Gasteiger charge is 2.27. The largest absolute Gasteiger partial charge is 0.466 e. The van der Waals surface area contributed by atoms with Crippen LogP contribution >= 0.6 is 0 Å². The predicted octanol–water partition coefficient (Wildman–Crippen LogP) is 23.5. The fraction of sp³-hybridized carbons (Fsp3) is 0.941. The quantitative estimate of drug-likeness (QED) is 0.0346. The Balaban J connectivity index is 4.07. The molecule has 0 heterocycles. The molecule has 0 aliphatic rings. The Morgan fingerprint density at radius 2 is 0.569 bits per heavy atom. The number of carbonyl (C=O) groups excluding carboxylic acids is 2. The fourth-order valence-electron chi connectivity index (χ4n) is 10.9. The van der Waals surface area contributed by atoms with Crippen LogP contribution in [0.3, 0.4) is 0 Å². The van der Waals surface area contributed by atoms with E-state index in [9.17, 15) is 9.59 Å². The SMILES string of the molecule is CCCCCCCCCCCCCCCCCCCCCCCCCCCCCCCCCC/C=C/CCCCC(CC(=O)OCCCCCCCC)C(=O)N(CCCCCCCC)CCCCCCCC. The zero-order valence-electron chi connectivity index (χ0n) is 50.1. The molecule has 4 nitrogen and oxygen atoms in total. The summed E-state index contributed by atoms with van der Waals surface area (Å²) in [6.45, 7) is 11.3. The molecule has 0 radical (unpaired) electrons. The van der Waals surface area contributed by atoms with E-state index in [2.05, 4.69) is 44.7 Å². The minimum atomic E-state index is -0.251. The minimum absolute atomic E-state index is 0.169. The van der Waals surface area contributed by atoms with E-state index >= 15 is 0 Å². The summed E-state index contributed by atoms with van der Waals surface area (Å²) >= 11 is 0. The average Bonchev–Trinajstić information content (AvgIpc) is 3.38. The molecule has 0 aliphatic heterocycles. The Morgan fingerprint density at radius 3 is 0.875 bits per heavy atom. The number of carbonyl (C=O) groups is 2. The van der Waals surface area contributed by atoms with Gasteiger partial charge in [0.25, 0.3) is 0 Å². The molecular formula is C68H133NO3. The summed E-state index contributed by atoms with van der Waals surface area (Å²) in [5.41, 5.74) is 0. The van der Waals surface area contributed by atoms with Crippen molar-refractivity contribution in [3.8, 4) is 0 Å². The molecule has 4 heteroatoms. The van der Waals surface area contributed by atoms with Gasteiger partial charge in [0.15, 0.2) is 0 Å². The van der Waals surface area contributed by atoms with Crippen LogP contribution in [-0.4, -0.2) is 36.5 Å². The van der Waals surface area contributed by atoms with Crippen LogP contribution in [0.2, 0.25) is 0 Å². The smallest absolute Gasteiger partial charge is 0.306 e. The highest BCUT2D eigenvalue weighted by atomic mass is 16.5. The van der Waals surface area contributed by atoms with Crippen molar-refractivity contribution >= 4 is 11.9 Å². The van der Waals surface area contributed by atoms with Crippen LogP contribution in [0.1, 0.15) is 387 Å². The summed E-state index contributed by atoms with van der Waals surface area (Å²) in [5.74, 6) is -0.206. The van der Waals surface area contributed by atoms with Gasteiger partial charge in [-0.2, -0.15) is 0 Å². The molecule has 0 rings (SSSR count). The first-order valence-corrected chi connectivity index (χ1v) is 33.7. The molecule has 0 fully saturated rings. The maximum Gasteiger partial charge on any atom is 0.306 e. The number of rotatable bonds is 62. The van der Waals surface area contributed by atoms with Gasteiger partial charge in [0.05, 0.1) is 13.0 Å². The van der Waals surface area contributed by atoms with Crippen LogP contribution in [-0.2, 0) is 14.3 Å². The molecule has 1 unspecified atom stereocenters. The maximum absolute atomic E-state index is 14.2. The van der Waals surface area contributed by atoms with Crippen LogP contribution in [0, 0.1) is 5.92 Å². The predicted molar refractivity (Wildman–Crippen MR) is 321 cm³/mol. The van der Waals surface area contributed by atoms with Crippen molar-refractivity contribution in [3.05, 3.63) is 12.2 Å². The topological polar surface area (TPSA) is 46.6 Å². The third-order valence-electron chi connectivity index (χ3n) is 16.0. The second-order valence-corrected chi connectivity index (χ2v) is 23.3. The number of amides is 1. The van der Waals surface area contributed by atoms with Gasteiger partial charge in [0.2, 0.25) is 5.91 Å². The normalized spacial score (nSPS) is 12.1. The van der Waals surface area contributed by atoms with E-state index in [0.717, 1.165) is 64.5 Å². The second kappa shape index (κ2) is 62.2. The first-order chi connectivity index (χ1) is 35.6. The molecule has 72 heavy (non-hydrogen) atoms. The third-order valence-corrected chi connectivity index (χ3v) is 16.0. The summed E-state index contributed by atoms with van der Waals surface area (Å²) in [6, 6.07) is 0. The Morgan fingerprint density at radius 1 is 0.319 bits per heavy atom. The number of hydrogen-bond acceptors (Lipinski definition) is 3. The summed E-state index contributed by atoms with van der Waals surface area (Å²) < 4.78 is 5.74. The second-order valence-electron chi connectivity index (χ2n) is 23.3. The molecular weight excluding hydrogens is 879 g/mol.